The van der Waals surface area contributed by atoms with Gasteiger partial charge >= 0.3 is 12.1 Å². The normalized spacial score (nSPS) is 18.7. The van der Waals surface area contributed by atoms with Crippen LogP contribution in [-0.2, 0) is 4.74 Å². The third-order valence-corrected chi connectivity index (χ3v) is 6.40. The average molecular weight is 437 g/mol. The zero-order valence-electron chi connectivity index (χ0n) is 18.1. The number of anilines is 1. The molecule has 1 aromatic heterocycles. The lowest BCUT2D eigenvalue weighted by molar-refractivity contribution is 0.0140. The van der Waals surface area contributed by atoms with E-state index in [1.54, 1.807) is 4.90 Å². The van der Waals surface area contributed by atoms with E-state index in [1.165, 1.54) is 24.0 Å². The Kier molecular flexibility index (Phi) is 7.33. The van der Waals surface area contributed by atoms with Gasteiger partial charge in [0, 0.05) is 25.2 Å². The predicted molar refractivity (Wildman–Crippen MR) is 116 cm³/mol. The Morgan fingerprint density at radius 3 is 2.37 bits per heavy atom. The first kappa shape index (κ1) is 22.5. The van der Waals surface area contributed by atoms with Crippen molar-refractivity contribution in [2.75, 3.05) is 18.4 Å². The van der Waals surface area contributed by atoms with Crippen molar-refractivity contribution in [3.63, 3.8) is 0 Å². The molecule has 9 heteroatoms. The van der Waals surface area contributed by atoms with E-state index in [-0.39, 0.29) is 24.2 Å². The summed E-state index contributed by atoms with van der Waals surface area (Å²) >= 11 is 1.17. The van der Waals surface area contributed by atoms with Gasteiger partial charge in [-0.1, -0.05) is 30.6 Å². The maximum Gasteiger partial charge on any atom is 0.410 e. The zero-order chi connectivity index (χ0) is 21.7. The molecule has 30 heavy (non-hydrogen) atoms. The van der Waals surface area contributed by atoms with Gasteiger partial charge in [0.15, 0.2) is 11.4 Å². The summed E-state index contributed by atoms with van der Waals surface area (Å²) in [7, 11) is 0. The Balaban J connectivity index is 1.66. The SMILES string of the molecule is CC(C)(C)OC(=O)N1CCC(N(C(=O)Nc2ncc(C=O)s2)C2CCCCC2)CC1. The first-order valence-corrected chi connectivity index (χ1v) is 11.6. The van der Waals surface area contributed by atoms with Crippen LogP contribution in [0.4, 0.5) is 14.7 Å². The Bertz CT molecular complexity index is 746. The number of piperidine rings is 1. The van der Waals surface area contributed by atoms with Gasteiger partial charge in [-0.05, 0) is 46.5 Å². The summed E-state index contributed by atoms with van der Waals surface area (Å²) < 4.78 is 5.49. The monoisotopic (exact) mass is 436 g/mol. The molecular formula is C21H32N4O4S. The molecule has 2 heterocycles. The summed E-state index contributed by atoms with van der Waals surface area (Å²) in [5.74, 6) is 0. The number of rotatable bonds is 4. The van der Waals surface area contributed by atoms with Crippen molar-refractivity contribution in [1.29, 1.82) is 0 Å². The van der Waals surface area contributed by atoms with Crippen molar-refractivity contribution in [1.82, 2.24) is 14.8 Å². The first-order valence-electron chi connectivity index (χ1n) is 10.7. The molecule has 1 saturated carbocycles. The lowest BCUT2D eigenvalue weighted by atomic mass is 9.91. The quantitative estimate of drug-likeness (QED) is 0.701. The summed E-state index contributed by atoms with van der Waals surface area (Å²) in [5.41, 5.74) is -0.518. The molecule has 1 N–H and O–H groups in total. The lowest BCUT2D eigenvalue weighted by Gasteiger charge is -2.43. The number of hydrogen-bond acceptors (Lipinski definition) is 6. The molecule has 1 aliphatic heterocycles. The zero-order valence-corrected chi connectivity index (χ0v) is 18.9. The van der Waals surface area contributed by atoms with E-state index in [0.717, 1.165) is 44.8 Å². The second kappa shape index (κ2) is 9.76. The van der Waals surface area contributed by atoms with E-state index in [2.05, 4.69) is 10.3 Å². The number of carbonyl (C=O) groups is 3. The van der Waals surface area contributed by atoms with E-state index < -0.39 is 5.60 Å². The molecular weight excluding hydrogens is 404 g/mol. The third kappa shape index (κ3) is 5.93. The minimum atomic E-state index is -0.518. The predicted octanol–water partition coefficient (Wildman–Crippen LogP) is 4.52. The van der Waals surface area contributed by atoms with Crippen LogP contribution >= 0.6 is 11.3 Å². The van der Waals surface area contributed by atoms with Crippen LogP contribution in [0.3, 0.4) is 0 Å². The van der Waals surface area contributed by atoms with Crippen molar-refractivity contribution < 1.29 is 19.1 Å². The van der Waals surface area contributed by atoms with Crippen molar-refractivity contribution in [2.24, 2.45) is 0 Å². The molecule has 8 nitrogen and oxygen atoms in total. The van der Waals surface area contributed by atoms with Gasteiger partial charge in [0.05, 0.1) is 11.1 Å². The van der Waals surface area contributed by atoms with Crippen LogP contribution in [-0.4, -0.2) is 64.0 Å². The molecule has 0 radical (unpaired) electrons. The highest BCUT2D eigenvalue weighted by Gasteiger charge is 2.36. The number of nitrogens with zero attached hydrogens (tertiary/aromatic N) is 3. The van der Waals surface area contributed by atoms with Gasteiger partial charge in [0.2, 0.25) is 0 Å². The van der Waals surface area contributed by atoms with Crippen LogP contribution in [0.5, 0.6) is 0 Å². The highest BCUT2D eigenvalue weighted by atomic mass is 32.1. The standard InChI is InChI=1S/C21H32N4O4S/c1-21(2,3)29-20(28)24-11-9-16(10-12-24)25(15-7-5-4-6-8-15)19(27)23-18-22-13-17(14-26)30-18/h13-16H,4-12H2,1-3H3,(H,22,23,27). The number of carbonyl (C=O) groups excluding carboxylic acids is 3. The molecule has 0 atom stereocenters. The van der Waals surface area contributed by atoms with Crippen LogP contribution in [0.2, 0.25) is 0 Å². The highest BCUT2D eigenvalue weighted by Crippen LogP contribution is 2.29. The van der Waals surface area contributed by atoms with Gasteiger partial charge in [-0.2, -0.15) is 0 Å². The van der Waals surface area contributed by atoms with Crippen molar-refractivity contribution >= 4 is 34.9 Å². The summed E-state index contributed by atoms with van der Waals surface area (Å²) in [6.07, 6.45) is 8.80. The molecule has 1 saturated heterocycles. The Morgan fingerprint density at radius 2 is 1.80 bits per heavy atom. The van der Waals surface area contributed by atoms with E-state index in [4.69, 9.17) is 4.74 Å². The molecule has 166 valence electrons. The number of ether oxygens (including phenoxy) is 1. The van der Waals surface area contributed by atoms with Crippen molar-refractivity contribution in [3.05, 3.63) is 11.1 Å². The van der Waals surface area contributed by atoms with Crippen LogP contribution in [0.1, 0.15) is 75.4 Å². The number of urea groups is 1. The van der Waals surface area contributed by atoms with Crippen molar-refractivity contribution in [3.8, 4) is 0 Å². The number of likely N-dealkylation sites (tertiary alicyclic amines) is 1. The molecule has 1 aromatic rings. The average Bonchev–Trinajstić information content (AvgIpc) is 3.16. The first-order chi connectivity index (χ1) is 14.3. The molecule has 1 aliphatic carbocycles. The minimum Gasteiger partial charge on any atom is -0.444 e. The van der Waals surface area contributed by atoms with Gasteiger partial charge in [0.1, 0.15) is 5.60 Å². The number of aldehydes is 1. The van der Waals surface area contributed by atoms with Crippen molar-refractivity contribution in [2.45, 2.75) is 83.4 Å². The summed E-state index contributed by atoms with van der Waals surface area (Å²) in [4.78, 5) is 44.8. The maximum absolute atomic E-state index is 13.2. The fourth-order valence-electron chi connectivity index (χ4n) is 4.20. The van der Waals surface area contributed by atoms with E-state index >= 15 is 0 Å². The fraction of sp³-hybridized carbons (Fsp3) is 0.714. The Morgan fingerprint density at radius 1 is 1.17 bits per heavy atom. The number of hydrogen-bond donors (Lipinski definition) is 1. The number of aromatic nitrogens is 1. The molecule has 0 aromatic carbocycles. The van der Waals surface area contributed by atoms with Gasteiger partial charge in [-0.25, -0.2) is 14.6 Å². The molecule has 2 aliphatic rings. The number of nitrogens with one attached hydrogen (secondary N) is 1. The molecule has 0 unspecified atom stereocenters. The van der Waals surface area contributed by atoms with Crippen LogP contribution in [0.25, 0.3) is 0 Å². The summed E-state index contributed by atoms with van der Waals surface area (Å²) in [6.45, 7) is 6.73. The maximum atomic E-state index is 13.2. The van der Waals surface area contributed by atoms with Gasteiger partial charge in [-0.15, -0.1) is 0 Å². The van der Waals surface area contributed by atoms with Gasteiger partial charge in [0.25, 0.3) is 0 Å². The second-order valence-electron chi connectivity index (χ2n) is 9.01. The van der Waals surface area contributed by atoms with Gasteiger partial charge < -0.3 is 14.5 Å². The smallest absolute Gasteiger partial charge is 0.410 e. The Labute approximate surface area is 182 Å². The molecule has 3 amide bonds. The summed E-state index contributed by atoms with van der Waals surface area (Å²) in [6, 6.07) is 0.101. The van der Waals surface area contributed by atoms with Gasteiger partial charge in [-0.3, -0.25) is 10.1 Å². The van der Waals surface area contributed by atoms with Crippen LogP contribution in [0, 0.1) is 0 Å². The van der Waals surface area contributed by atoms with Crippen LogP contribution in [0.15, 0.2) is 6.20 Å². The molecule has 0 spiro atoms. The lowest BCUT2D eigenvalue weighted by Crippen LogP contribution is -2.54. The number of amides is 3. The number of thiazole rings is 1. The highest BCUT2D eigenvalue weighted by molar-refractivity contribution is 7.17. The van der Waals surface area contributed by atoms with E-state index in [1.807, 2.05) is 25.7 Å². The summed E-state index contributed by atoms with van der Waals surface area (Å²) in [5, 5.41) is 3.33. The molecule has 2 fully saturated rings. The second-order valence-corrected chi connectivity index (χ2v) is 10.1. The van der Waals surface area contributed by atoms with E-state index in [0.29, 0.717) is 23.1 Å². The van der Waals surface area contributed by atoms with Crippen LogP contribution < -0.4 is 5.32 Å². The van der Waals surface area contributed by atoms with E-state index in [9.17, 15) is 14.4 Å². The molecule has 0 bridgehead atoms. The largest absolute Gasteiger partial charge is 0.444 e. The molecule has 3 rings (SSSR count). The fourth-order valence-corrected chi connectivity index (χ4v) is 4.82. The third-order valence-electron chi connectivity index (χ3n) is 5.57. The Hall–Kier alpha value is -2.16. The topological polar surface area (TPSA) is 91.8 Å². The minimum absolute atomic E-state index is 0.0669.